The summed E-state index contributed by atoms with van der Waals surface area (Å²) in [5.74, 6) is -0.308. The summed E-state index contributed by atoms with van der Waals surface area (Å²) in [6.45, 7) is 2.15. The van der Waals surface area contributed by atoms with Crippen molar-refractivity contribution in [3.05, 3.63) is 93.2 Å². The SMILES string of the molecule is CCc1ccc(Cc2ccc(Cc3nc[nH]c(=O)c3O)cc2)cc1. The normalized spacial score (nSPS) is 10.7. The van der Waals surface area contributed by atoms with Gasteiger partial charge in [-0.15, -0.1) is 0 Å². The fourth-order valence-electron chi connectivity index (χ4n) is 2.66. The lowest BCUT2D eigenvalue weighted by Gasteiger charge is -2.06. The van der Waals surface area contributed by atoms with Gasteiger partial charge in [-0.1, -0.05) is 55.5 Å². The quantitative estimate of drug-likeness (QED) is 0.758. The van der Waals surface area contributed by atoms with Crippen LogP contribution in [0.5, 0.6) is 5.75 Å². The van der Waals surface area contributed by atoms with Gasteiger partial charge in [0.15, 0.2) is 0 Å². The molecule has 0 aliphatic rings. The van der Waals surface area contributed by atoms with Crippen LogP contribution >= 0.6 is 0 Å². The maximum atomic E-state index is 11.4. The van der Waals surface area contributed by atoms with Gasteiger partial charge in [-0.05, 0) is 35.1 Å². The highest BCUT2D eigenvalue weighted by Gasteiger charge is 2.07. The molecule has 0 atom stereocenters. The molecule has 0 saturated heterocycles. The van der Waals surface area contributed by atoms with Crippen LogP contribution in [0.25, 0.3) is 0 Å². The number of hydrogen-bond donors (Lipinski definition) is 2. The average molecular weight is 320 g/mol. The number of nitrogens with zero attached hydrogens (tertiary/aromatic N) is 1. The number of rotatable bonds is 5. The van der Waals surface area contributed by atoms with E-state index in [0.29, 0.717) is 12.1 Å². The predicted octanol–water partition coefficient (Wildman–Crippen LogP) is 3.22. The highest BCUT2D eigenvalue weighted by molar-refractivity contribution is 5.33. The van der Waals surface area contributed by atoms with Gasteiger partial charge in [0.2, 0.25) is 5.75 Å². The molecule has 3 rings (SSSR count). The van der Waals surface area contributed by atoms with Gasteiger partial charge in [-0.3, -0.25) is 4.79 Å². The zero-order valence-electron chi connectivity index (χ0n) is 13.6. The van der Waals surface area contributed by atoms with Gasteiger partial charge < -0.3 is 10.1 Å². The second-order valence-corrected chi connectivity index (χ2v) is 5.87. The van der Waals surface area contributed by atoms with Gasteiger partial charge in [0.25, 0.3) is 5.56 Å². The summed E-state index contributed by atoms with van der Waals surface area (Å²) >= 11 is 0. The highest BCUT2D eigenvalue weighted by Crippen LogP contribution is 2.16. The predicted molar refractivity (Wildman–Crippen MR) is 94.4 cm³/mol. The van der Waals surface area contributed by atoms with E-state index in [4.69, 9.17) is 0 Å². The molecule has 1 heterocycles. The molecule has 122 valence electrons. The molecular formula is C20H20N2O2. The molecule has 1 aromatic heterocycles. The van der Waals surface area contributed by atoms with Crippen molar-refractivity contribution in [2.45, 2.75) is 26.2 Å². The van der Waals surface area contributed by atoms with E-state index < -0.39 is 5.56 Å². The largest absolute Gasteiger partial charge is 0.502 e. The zero-order valence-corrected chi connectivity index (χ0v) is 13.6. The lowest BCUT2D eigenvalue weighted by molar-refractivity contribution is 0.456. The van der Waals surface area contributed by atoms with E-state index in [1.807, 2.05) is 12.1 Å². The lowest BCUT2D eigenvalue weighted by Crippen LogP contribution is -2.09. The molecule has 0 spiro atoms. The smallest absolute Gasteiger partial charge is 0.293 e. The number of aryl methyl sites for hydroxylation is 1. The molecule has 0 aliphatic heterocycles. The van der Waals surface area contributed by atoms with Crippen molar-refractivity contribution in [2.24, 2.45) is 0 Å². The van der Waals surface area contributed by atoms with Crippen LogP contribution < -0.4 is 5.56 Å². The van der Waals surface area contributed by atoms with Gasteiger partial charge in [0.05, 0.1) is 12.0 Å². The number of aromatic amines is 1. The van der Waals surface area contributed by atoms with E-state index in [-0.39, 0.29) is 5.75 Å². The lowest BCUT2D eigenvalue weighted by atomic mass is 10.0. The van der Waals surface area contributed by atoms with E-state index in [1.165, 1.54) is 23.0 Å². The number of H-pyrrole nitrogens is 1. The first-order valence-corrected chi connectivity index (χ1v) is 8.07. The molecule has 0 bridgehead atoms. The third-order valence-electron chi connectivity index (χ3n) is 4.14. The molecule has 0 unspecified atom stereocenters. The molecule has 2 N–H and O–H groups in total. The molecule has 0 radical (unpaired) electrons. The minimum absolute atomic E-state index is 0.308. The first-order chi connectivity index (χ1) is 11.7. The van der Waals surface area contributed by atoms with Crippen molar-refractivity contribution in [2.75, 3.05) is 0 Å². The van der Waals surface area contributed by atoms with Crippen LogP contribution in [0, 0.1) is 0 Å². The van der Waals surface area contributed by atoms with Crippen molar-refractivity contribution in [3.8, 4) is 5.75 Å². The summed E-state index contributed by atoms with van der Waals surface area (Å²) in [5, 5.41) is 9.74. The van der Waals surface area contributed by atoms with Crippen LogP contribution in [0.15, 0.2) is 59.7 Å². The van der Waals surface area contributed by atoms with Gasteiger partial charge in [-0.25, -0.2) is 4.98 Å². The second kappa shape index (κ2) is 7.13. The Bertz CT molecular complexity index is 865. The van der Waals surface area contributed by atoms with Gasteiger partial charge >= 0.3 is 0 Å². The van der Waals surface area contributed by atoms with Gasteiger partial charge in [-0.2, -0.15) is 0 Å². The standard InChI is InChI=1S/C20H20N2O2/c1-2-14-3-5-15(6-4-14)11-16-7-9-17(10-8-16)12-18-19(23)20(24)22-13-21-18/h3-10,13,23H,2,11-12H2,1H3,(H,21,22,24). The Morgan fingerprint density at radius 1 is 0.875 bits per heavy atom. The Balaban J connectivity index is 1.70. The molecule has 0 fully saturated rings. The van der Waals surface area contributed by atoms with Crippen LogP contribution in [0.4, 0.5) is 0 Å². The van der Waals surface area contributed by atoms with Gasteiger partial charge in [0.1, 0.15) is 0 Å². The van der Waals surface area contributed by atoms with E-state index in [1.54, 1.807) is 0 Å². The van der Waals surface area contributed by atoms with Crippen LogP contribution in [-0.2, 0) is 19.3 Å². The van der Waals surface area contributed by atoms with Crippen molar-refractivity contribution in [3.63, 3.8) is 0 Å². The summed E-state index contributed by atoms with van der Waals surface area (Å²) < 4.78 is 0. The molecule has 0 aliphatic carbocycles. The van der Waals surface area contributed by atoms with E-state index in [2.05, 4.69) is 53.3 Å². The zero-order chi connectivity index (χ0) is 16.9. The molecule has 4 heteroatoms. The fourth-order valence-corrected chi connectivity index (χ4v) is 2.66. The fraction of sp³-hybridized carbons (Fsp3) is 0.200. The Labute approximate surface area is 140 Å². The van der Waals surface area contributed by atoms with Crippen molar-refractivity contribution < 1.29 is 5.11 Å². The van der Waals surface area contributed by atoms with Crippen LogP contribution in [0.3, 0.4) is 0 Å². The van der Waals surface area contributed by atoms with Crippen molar-refractivity contribution >= 4 is 0 Å². The van der Waals surface area contributed by atoms with E-state index in [9.17, 15) is 9.90 Å². The summed E-state index contributed by atoms with van der Waals surface area (Å²) in [5.41, 5.74) is 4.75. The molecule has 0 saturated carbocycles. The van der Waals surface area contributed by atoms with Crippen LogP contribution in [-0.4, -0.2) is 15.1 Å². The average Bonchev–Trinajstić information content (AvgIpc) is 2.61. The number of benzene rings is 2. The van der Waals surface area contributed by atoms with Crippen molar-refractivity contribution in [1.29, 1.82) is 0 Å². The first-order valence-electron chi connectivity index (χ1n) is 8.07. The minimum atomic E-state index is -0.507. The number of nitrogens with one attached hydrogen (secondary N) is 1. The topological polar surface area (TPSA) is 66.0 Å². The van der Waals surface area contributed by atoms with Gasteiger partial charge in [0, 0.05) is 6.42 Å². The number of aromatic hydroxyl groups is 1. The molecule has 4 nitrogen and oxygen atoms in total. The Morgan fingerprint density at radius 3 is 1.92 bits per heavy atom. The van der Waals surface area contributed by atoms with Crippen LogP contribution in [0.1, 0.15) is 34.9 Å². The third kappa shape index (κ3) is 3.71. The Hall–Kier alpha value is -2.88. The first kappa shape index (κ1) is 16.0. The maximum absolute atomic E-state index is 11.4. The minimum Gasteiger partial charge on any atom is -0.502 e. The summed E-state index contributed by atoms with van der Waals surface area (Å²) in [6.07, 6.45) is 3.68. The monoisotopic (exact) mass is 320 g/mol. The summed E-state index contributed by atoms with van der Waals surface area (Å²) in [4.78, 5) is 17.8. The number of hydrogen-bond acceptors (Lipinski definition) is 3. The Morgan fingerprint density at radius 2 is 1.38 bits per heavy atom. The van der Waals surface area contributed by atoms with E-state index in [0.717, 1.165) is 18.4 Å². The summed E-state index contributed by atoms with van der Waals surface area (Å²) in [6, 6.07) is 16.9. The van der Waals surface area contributed by atoms with Crippen LogP contribution in [0.2, 0.25) is 0 Å². The molecule has 2 aromatic carbocycles. The molecule has 3 aromatic rings. The highest BCUT2D eigenvalue weighted by atomic mass is 16.3. The Kier molecular flexibility index (Phi) is 4.75. The molecule has 24 heavy (non-hydrogen) atoms. The maximum Gasteiger partial charge on any atom is 0.293 e. The molecule has 0 amide bonds. The summed E-state index contributed by atoms with van der Waals surface area (Å²) in [7, 11) is 0. The van der Waals surface area contributed by atoms with Crippen molar-refractivity contribution in [1.82, 2.24) is 9.97 Å². The molecular weight excluding hydrogens is 300 g/mol. The second-order valence-electron chi connectivity index (χ2n) is 5.87. The number of aromatic nitrogens is 2. The third-order valence-corrected chi connectivity index (χ3v) is 4.14. The van der Waals surface area contributed by atoms with E-state index >= 15 is 0 Å².